The van der Waals surface area contributed by atoms with Crippen molar-refractivity contribution in [3.63, 3.8) is 0 Å². The maximum Gasteiger partial charge on any atom is 0.225 e. The number of hydrogen-bond donors (Lipinski definition) is 0. The van der Waals surface area contributed by atoms with E-state index in [2.05, 4.69) is 10.3 Å². The molecule has 1 aliphatic rings. The number of amides is 1. The average molecular weight is 396 g/mol. The summed E-state index contributed by atoms with van der Waals surface area (Å²) < 4.78 is 21.6. The van der Waals surface area contributed by atoms with Crippen LogP contribution < -0.4 is 0 Å². The summed E-state index contributed by atoms with van der Waals surface area (Å²) in [5.74, 6) is 0.434. The van der Waals surface area contributed by atoms with Gasteiger partial charge in [0.1, 0.15) is 17.3 Å². The first kappa shape index (κ1) is 19.4. The number of benzene rings is 1. The van der Waals surface area contributed by atoms with Gasteiger partial charge in [0.25, 0.3) is 0 Å². The lowest BCUT2D eigenvalue weighted by Crippen LogP contribution is -2.36. The van der Waals surface area contributed by atoms with E-state index in [-0.39, 0.29) is 17.8 Å². The van der Waals surface area contributed by atoms with E-state index in [0.29, 0.717) is 37.2 Å². The minimum absolute atomic E-state index is 0.0372. The van der Waals surface area contributed by atoms with Crippen LogP contribution in [0.5, 0.6) is 0 Å². The number of carbonyl (C=O) groups excluding carboxylic acids is 1. The second-order valence-electron chi connectivity index (χ2n) is 7.77. The molecule has 1 amide bonds. The molecule has 1 unspecified atom stereocenters. The standard InChI is InChI=1S/C22H25FN4O2/c1-13(27-16(4)14(2)15(3)24-27)11-21(28)26-10-9-20-18(12-26)22(25-29-20)17-7-5-6-8-19(17)23/h5-8,13H,9-12H2,1-4H3. The number of aryl methyl sites for hydroxylation is 1. The zero-order valence-electron chi connectivity index (χ0n) is 17.2. The Morgan fingerprint density at radius 1 is 1.28 bits per heavy atom. The largest absolute Gasteiger partial charge is 0.360 e. The first-order chi connectivity index (χ1) is 13.9. The zero-order valence-corrected chi connectivity index (χ0v) is 17.2. The Morgan fingerprint density at radius 3 is 2.72 bits per heavy atom. The van der Waals surface area contributed by atoms with Gasteiger partial charge in [-0.05, 0) is 45.4 Å². The second-order valence-corrected chi connectivity index (χ2v) is 7.77. The van der Waals surface area contributed by atoms with Crippen LogP contribution in [-0.4, -0.2) is 32.3 Å². The van der Waals surface area contributed by atoms with Crippen LogP contribution in [0.3, 0.4) is 0 Å². The first-order valence-electron chi connectivity index (χ1n) is 9.89. The van der Waals surface area contributed by atoms with E-state index in [0.717, 1.165) is 28.3 Å². The molecule has 152 valence electrons. The summed E-state index contributed by atoms with van der Waals surface area (Å²) in [6, 6.07) is 6.46. The molecule has 4 rings (SSSR count). The van der Waals surface area contributed by atoms with Crippen molar-refractivity contribution in [1.29, 1.82) is 0 Å². The molecule has 0 spiro atoms. The van der Waals surface area contributed by atoms with Gasteiger partial charge in [-0.1, -0.05) is 17.3 Å². The van der Waals surface area contributed by atoms with Gasteiger partial charge in [-0.3, -0.25) is 9.48 Å². The Kier molecular flexibility index (Phi) is 4.98. The predicted octanol–water partition coefficient (Wildman–Crippen LogP) is 4.14. The number of carbonyl (C=O) groups is 1. The molecule has 1 atom stereocenters. The van der Waals surface area contributed by atoms with Crippen LogP contribution in [0.1, 0.15) is 47.7 Å². The molecule has 0 bridgehead atoms. The summed E-state index contributed by atoms with van der Waals surface area (Å²) in [6.45, 7) is 9.02. The van der Waals surface area contributed by atoms with Crippen molar-refractivity contribution in [1.82, 2.24) is 19.8 Å². The molecule has 0 radical (unpaired) electrons. The van der Waals surface area contributed by atoms with Gasteiger partial charge in [0.05, 0.1) is 18.3 Å². The molecule has 0 fully saturated rings. The highest BCUT2D eigenvalue weighted by atomic mass is 19.1. The van der Waals surface area contributed by atoms with Crippen LogP contribution in [0.15, 0.2) is 28.8 Å². The van der Waals surface area contributed by atoms with Gasteiger partial charge in [0, 0.05) is 36.2 Å². The fourth-order valence-electron chi connectivity index (χ4n) is 3.93. The van der Waals surface area contributed by atoms with Crippen molar-refractivity contribution in [2.45, 2.75) is 53.1 Å². The lowest BCUT2D eigenvalue weighted by molar-refractivity contribution is -0.133. The molecular weight excluding hydrogens is 371 g/mol. The van der Waals surface area contributed by atoms with E-state index in [9.17, 15) is 9.18 Å². The van der Waals surface area contributed by atoms with Crippen LogP contribution in [0.4, 0.5) is 4.39 Å². The third-order valence-corrected chi connectivity index (χ3v) is 5.88. The lowest BCUT2D eigenvalue weighted by atomic mass is 10.0. The second kappa shape index (κ2) is 7.46. The van der Waals surface area contributed by atoms with Crippen molar-refractivity contribution in [2.75, 3.05) is 6.54 Å². The number of halogens is 1. The SMILES string of the molecule is Cc1nn(C(C)CC(=O)N2CCc3onc(-c4ccccc4F)c3C2)c(C)c1C. The van der Waals surface area contributed by atoms with Crippen molar-refractivity contribution >= 4 is 5.91 Å². The van der Waals surface area contributed by atoms with Gasteiger partial charge in [-0.15, -0.1) is 0 Å². The third-order valence-electron chi connectivity index (χ3n) is 5.88. The zero-order chi connectivity index (χ0) is 20.7. The predicted molar refractivity (Wildman–Crippen MR) is 107 cm³/mol. The summed E-state index contributed by atoms with van der Waals surface area (Å²) in [7, 11) is 0. The molecule has 0 saturated carbocycles. The maximum atomic E-state index is 14.2. The Labute approximate surface area is 169 Å². The average Bonchev–Trinajstić information content (AvgIpc) is 3.24. The molecule has 3 aromatic rings. The van der Waals surface area contributed by atoms with E-state index in [1.54, 1.807) is 23.1 Å². The van der Waals surface area contributed by atoms with Gasteiger partial charge in [0.2, 0.25) is 5.91 Å². The number of nitrogens with zero attached hydrogens (tertiary/aromatic N) is 4. The van der Waals surface area contributed by atoms with E-state index in [1.807, 2.05) is 32.4 Å². The summed E-state index contributed by atoms with van der Waals surface area (Å²) in [5.41, 5.74) is 4.92. The molecule has 2 aromatic heterocycles. The van der Waals surface area contributed by atoms with Crippen molar-refractivity contribution in [3.8, 4) is 11.3 Å². The summed E-state index contributed by atoms with van der Waals surface area (Å²) in [5, 5.41) is 8.67. The fraction of sp³-hybridized carbons (Fsp3) is 0.409. The van der Waals surface area contributed by atoms with Crippen molar-refractivity contribution in [3.05, 3.63) is 58.4 Å². The monoisotopic (exact) mass is 396 g/mol. The van der Waals surface area contributed by atoms with Gasteiger partial charge in [0.15, 0.2) is 0 Å². The molecule has 0 aliphatic carbocycles. The molecule has 1 aromatic carbocycles. The summed E-state index contributed by atoms with van der Waals surface area (Å²) >= 11 is 0. The number of hydrogen-bond acceptors (Lipinski definition) is 4. The van der Waals surface area contributed by atoms with Crippen molar-refractivity contribution in [2.24, 2.45) is 0 Å². The van der Waals surface area contributed by atoms with Gasteiger partial charge < -0.3 is 9.42 Å². The third kappa shape index (κ3) is 3.45. The van der Waals surface area contributed by atoms with Gasteiger partial charge in [-0.2, -0.15) is 5.10 Å². The Balaban J connectivity index is 1.52. The Hall–Kier alpha value is -2.96. The molecule has 0 saturated heterocycles. The quantitative estimate of drug-likeness (QED) is 0.665. The first-order valence-corrected chi connectivity index (χ1v) is 9.89. The van der Waals surface area contributed by atoms with Crippen molar-refractivity contribution < 1.29 is 13.7 Å². The topological polar surface area (TPSA) is 64.2 Å². The Morgan fingerprint density at radius 2 is 2.03 bits per heavy atom. The van der Waals surface area contributed by atoms with E-state index in [1.165, 1.54) is 6.07 Å². The molecule has 3 heterocycles. The molecule has 29 heavy (non-hydrogen) atoms. The lowest BCUT2D eigenvalue weighted by Gasteiger charge is -2.27. The molecule has 7 heteroatoms. The van der Waals surface area contributed by atoms with E-state index >= 15 is 0 Å². The minimum Gasteiger partial charge on any atom is -0.360 e. The fourth-order valence-corrected chi connectivity index (χ4v) is 3.93. The number of aromatic nitrogens is 3. The highest BCUT2D eigenvalue weighted by molar-refractivity contribution is 5.77. The van der Waals surface area contributed by atoms with Gasteiger partial charge in [-0.25, -0.2) is 4.39 Å². The number of rotatable bonds is 4. The van der Waals surface area contributed by atoms with E-state index in [4.69, 9.17) is 4.52 Å². The molecular formula is C22H25FN4O2. The molecule has 0 N–H and O–H groups in total. The number of fused-ring (bicyclic) bond motifs is 1. The smallest absolute Gasteiger partial charge is 0.225 e. The van der Waals surface area contributed by atoms with E-state index < -0.39 is 0 Å². The maximum absolute atomic E-state index is 14.2. The van der Waals surface area contributed by atoms with Crippen LogP contribution >= 0.6 is 0 Å². The van der Waals surface area contributed by atoms with Crippen LogP contribution in [-0.2, 0) is 17.8 Å². The minimum atomic E-state index is -0.347. The molecule has 1 aliphatic heterocycles. The summed E-state index contributed by atoms with van der Waals surface area (Å²) in [6.07, 6.45) is 0.937. The normalized spacial score (nSPS) is 14.7. The van der Waals surface area contributed by atoms with Crippen LogP contribution in [0.2, 0.25) is 0 Å². The highest BCUT2D eigenvalue weighted by Crippen LogP contribution is 2.32. The van der Waals surface area contributed by atoms with Gasteiger partial charge >= 0.3 is 0 Å². The summed E-state index contributed by atoms with van der Waals surface area (Å²) in [4.78, 5) is 14.8. The molecule has 6 nitrogen and oxygen atoms in total. The van der Waals surface area contributed by atoms with Crippen LogP contribution in [0, 0.1) is 26.6 Å². The Bertz CT molecular complexity index is 1070. The van der Waals surface area contributed by atoms with Crippen LogP contribution in [0.25, 0.3) is 11.3 Å². The highest BCUT2D eigenvalue weighted by Gasteiger charge is 2.29.